The largest absolute Gasteiger partial charge is 0.325 e. The number of halogens is 1. The summed E-state index contributed by atoms with van der Waals surface area (Å²) in [5.41, 5.74) is 2.23. The zero-order valence-corrected chi connectivity index (χ0v) is 14.5. The first-order chi connectivity index (χ1) is 11.0. The number of amides is 3. The monoisotopic (exact) mass is 420 g/mol. The Bertz CT molecular complexity index is 815. The molecule has 1 aliphatic heterocycles. The Labute approximate surface area is 146 Å². The summed E-state index contributed by atoms with van der Waals surface area (Å²) in [7, 11) is 0. The molecule has 0 aromatic heterocycles. The molecule has 3 amide bonds. The van der Waals surface area contributed by atoms with E-state index in [1.165, 1.54) is 0 Å². The van der Waals surface area contributed by atoms with Crippen LogP contribution in [0.25, 0.3) is 0 Å². The Kier molecular flexibility index (Phi) is 4.16. The summed E-state index contributed by atoms with van der Waals surface area (Å²) < 4.78 is 1.05. The SMILES string of the molecule is Cc1ccc2c(c1)C(=O)N(CC(=O)Nc1ccc(I)cc1)C2=O. The van der Waals surface area contributed by atoms with E-state index in [-0.39, 0.29) is 6.54 Å². The van der Waals surface area contributed by atoms with E-state index in [0.29, 0.717) is 16.8 Å². The third-order valence-electron chi connectivity index (χ3n) is 3.56. The molecule has 0 fully saturated rings. The number of anilines is 1. The van der Waals surface area contributed by atoms with Gasteiger partial charge in [-0.3, -0.25) is 19.3 Å². The minimum absolute atomic E-state index is 0.294. The summed E-state index contributed by atoms with van der Waals surface area (Å²) in [5, 5.41) is 2.69. The van der Waals surface area contributed by atoms with E-state index in [1.54, 1.807) is 30.3 Å². The van der Waals surface area contributed by atoms with Crippen LogP contribution in [-0.2, 0) is 4.79 Å². The summed E-state index contributed by atoms with van der Waals surface area (Å²) in [4.78, 5) is 37.7. The molecular weight excluding hydrogens is 407 g/mol. The lowest BCUT2D eigenvalue weighted by molar-refractivity contribution is -0.116. The van der Waals surface area contributed by atoms with Crippen LogP contribution in [0.4, 0.5) is 5.69 Å². The Morgan fingerprint density at radius 1 is 1.04 bits per heavy atom. The van der Waals surface area contributed by atoms with Crippen molar-refractivity contribution in [3.8, 4) is 0 Å². The second-order valence-electron chi connectivity index (χ2n) is 5.30. The number of nitrogens with one attached hydrogen (secondary N) is 1. The number of nitrogens with zero attached hydrogens (tertiary/aromatic N) is 1. The van der Waals surface area contributed by atoms with Gasteiger partial charge in [-0.05, 0) is 65.9 Å². The van der Waals surface area contributed by atoms with Gasteiger partial charge in [0.25, 0.3) is 11.8 Å². The van der Waals surface area contributed by atoms with Gasteiger partial charge in [0.2, 0.25) is 5.91 Å². The highest BCUT2D eigenvalue weighted by molar-refractivity contribution is 14.1. The van der Waals surface area contributed by atoms with Crippen LogP contribution in [0.2, 0.25) is 0 Å². The molecule has 0 aliphatic carbocycles. The van der Waals surface area contributed by atoms with Gasteiger partial charge in [-0.15, -0.1) is 0 Å². The quantitative estimate of drug-likeness (QED) is 0.614. The van der Waals surface area contributed by atoms with Crippen LogP contribution in [0, 0.1) is 10.5 Å². The summed E-state index contributed by atoms with van der Waals surface area (Å²) in [5.74, 6) is -1.26. The number of fused-ring (bicyclic) bond motifs is 1. The number of carbonyl (C=O) groups is 3. The predicted molar refractivity (Wildman–Crippen MR) is 94.3 cm³/mol. The van der Waals surface area contributed by atoms with Crippen LogP contribution in [0.3, 0.4) is 0 Å². The first-order valence-corrected chi connectivity index (χ1v) is 8.06. The van der Waals surface area contributed by atoms with Gasteiger partial charge in [0, 0.05) is 9.26 Å². The molecule has 1 N–H and O–H groups in total. The molecule has 0 atom stereocenters. The molecular formula is C17H13IN2O3. The van der Waals surface area contributed by atoms with Crippen molar-refractivity contribution in [2.75, 3.05) is 11.9 Å². The maximum absolute atomic E-state index is 12.3. The van der Waals surface area contributed by atoms with Crippen molar-refractivity contribution < 1.29 is 14.4 Å². The van der Waals surface area contributed by atoms with Crippen molar-refractivity contribution in [1.82, 2.24) is 4.90 Å². The van der Waals surface area contributed by atoms with Gasteiger partial charge in [0.1, 0.15) is 6.54 Å². The second kappa shape index (κ2) is 6.11. The molecule has 0 unspecified atom stereocenters. The van der Waals surface area contributed by atoms with Crippen LogP contribution >= 0.6 is 22.6 Å². The number of carbonyl (C=O) groups excluding carboxylic acids is 3. The summed E-state index contributed by atoms with van der Waals surface area (Å²) >= 11 is 2.17. The van der Waals surface area contributed by atoms with Crippen molar-refractivity contribution in [3.63, 3.8) is 0 Å². The summed E-state index contributed by atoms with van der Waals surface area (Å²) in [6, 6.07) is 12.3. The Hall–Kier alpha value is -2.22. The molecule has 0 bridgehead atoms. The maximum atomic E-state index is 12.3. The lowest BCUT2D eigenvalue weighted by Gasteiger charge is -2.13. The van der Waals surface area contributed by atoms with E-state index in [2.05, 4.69) is 27.9 Å². The van der Waals surface area contributed by atoms with Crippen molar-refractivity contribution in [2.45, 2.75) is 6.92 Å². The molecule has 0 spiro atoms. The molecule has 1 aliphatic rings. The van der Waals surface area contributed by atoms with Crippen LogP contribution in [0.1, 0.15) is 26.3 Å². The van der Waals surface area contributed by atoms with Gasteiger partial charge >= 0.3 is 0 Å². The normalized spacial score (nSPS) is 13.2. The first-order valence-electron chi connectivity index (χ1n) is 6.98. The number of aryl methyl sites for hydroxylation is 1. The van der Waals surface area contributed by atoms with E-state index >= 15 is 0 Å². The molecule has 0 saturated heterocycles. The maximum Gasteiger partial charge on any atom is 0.262 e. The van der Waals surface area contributed by atoms with Gasteiger partial charge in [-0.1, -0.05) is 11.6 Å². The molecule has 0 saturated carbocycles. The van der Waals surface area contributed by atoms with Crippen molar-refractivity contribution >= 4 is 46.0 Å². The van der Waals surface area contributed by atoms with Crippen LogP contribution in [0.5, 0.6) is 0 Å². The molecule has 5 nitrogen and oxygen atoms in total. The minimum Gasteiger partial charge on any atom is -0.325 e. The van der Waals surface area contributed by atoms with Crippen LogP contribution in [-0.4, -0.2) is 29.2 Å². The van der Waals surface area contributed by atoms with Crippen LogP contribution < -0.4 is 5.32 Å². The lowest BCUT2D eigenvalue weighted by Crippen LogP contribution is -2.37. The molecule has 23 heavy (non-hydrogen) atoms. The molecule has 2 aromatic rings. The van der Waals surface area contributed by atoms with E-state index in [9.17, 15) is 14.4 Å². The molecule has 6 heteroatoms. The Morgan fingerprint density at radius 3 is 2.39 bits per heavy atom. The van der Waals surface area contributed by atoms with E-state index in [1.807, 2.05) is 19.1 Å². The second-order valence-corrected chi connectivity index (χ2v) is 6.55. The standard InChI is InChI=1S/C17H13IN2O3/c1-10-2-7-13-14(8-10)17(23)20(16(13)22)9-15(21)19-12-5-3-11(18)4-6-12/h2-8H,9H2,1H3,(H,19,21). The number of rotatable bonds is 3. The van der Waals surface area contributed by atoms with Gasteiger partial charge in [0.15, 0.2) is 0 Å². The number of benzene rings is 2. The number of hydrogen-bond donors (Lipinski definition) is 1. The average Bonchev–Trinajstić information content (AvgIpc) is 2.74. The van der Waals surface area contributed by atoms with E-state index < -0.39 is 17.7 Å². The molecule has 116 valence electrons. The fourth-order valence-electron chi connectivity index (χ4n) is 2.43. The fraction of sp³-hybridized carbons (Fsp3) is 0.118. The van der Waals surface area contributed by atoms with Crippen molar-refractivity contribution in [2.24, 2.45) is 0 Å². The topological polar surface area (TPSA) is 66.5 Å². The molecule has 2 aromatic carbocycles. The Morgan fingerprint density at radius 2 is 1.70 bits per heavy atom. The number of hydrogen-bond acceptors (Lipinski definition) is 3. The highest BCUT2D eigenvalue weighted by atomic mass is 127. The highest BCUT2D eigenvalue weighted by Crippen LogP contribution is 2.23. The predicted octanol–water partition coefficient (Wildman–Crippen LogP) is 2.83. The third kappa shape index (κ3) is 3.12. The zero-order valence-electron chi connectivity index (χ0n) is 12.3. The van der Waals surface area contributed by atoms with E-state index in [0.717, 1.165) is 14.0 Å². The molecule has 1 heterocycles. The van der Waals surface area contributed by atoms with Gasteiger partial charge in [-0.2, -0.15) is 0 Å². The zero-order chi connectivity index (χ0) is 16.6. The number of imide groups is 1. The first kappa shape index (κ1) is 15.7. The average molecular weight is 420 g/mol. The minimum atomic E-state index is -0.428. The summed E-state index contributed by atoms with van der Waals surface area (Å²) in [6.07, 6.45) is 0. The Balaban J connectivity index is 1.73. The van der Waals surface area contributed by atoms with Crippen LogP contribution in [0.15, 0.2) is 42.5 Å². The molecule has 0 radical (unpaired) electrons. The smallest absolute Gasteiger partial charge is 0.262 e. The van der Waals surface area contributed by atoms with Gasteiger partial charge in [-0.25, -0.2) is 0 Å². The van der Waals surface area contributed by atoms with Crippen molar-refractivity contribution in [3.05, 3.63) is 62.7 Å². The van der Waals surface area contributed by atoms with Gasteiger partial charge < -0.3 is 5.32 Å². The lowest BCUT2D eigenvalue weighted by atomic mass is 10.1. The van der Waals surface area contributed by atoms with Gasteiger partial charge in [0.05, 0.1) is 11.1 Å². The fourth-order valence-corrected chi connectivity index (χ4v) is 2.79. The third-order valence-corrected chi connectivity index (χ3v) is 4.28. The van der Waals surface area contributed by atoms with Crippen molar-refractivity contribution in [1.29, 1.82) is 0 Å². The highest BCUT2D eigenvalue weighted by Gasteiger charge is 2.36. The van der Waals surface area contributed by atoms with E-state index in [4.69, 9.17) is 0 Å². The summed E-state index contributed by atoms with van der Waals surface area (Å²) in [6.45, 7) is 1.56. The molecule has 3 rings (SSSR count).